The van der Waals surface area contributed by atoms with Crippen LogP contribution in [0.4, 0.5) is 18.9 Å². The molecule has 4 rings (SSSR count). The third-order valence-electron chi connectivity index (χ3n) is 6.60. The van der Waals surface area contributed by atoms with Gasteiger partial charge in [0, 0.05) is 25.6 Å². The lowest BCUT2D eigenvalue weighted by Crippen LogP contribution is -2.55. The molecular weight excluding hydrogens is 485 g/mol. The molecule has 0 radical (unpaired) electrons. The van der Waals surface area contributed by atoms with Gasteiger partial charge in [-0.05, 0) is 69.2 Å². The number of aliphatic hydroxyl groups excluding tert-OH is 1. The molecule has 2 aromatic carbocycles. The largest absolute Gasteiger partial charge is 0.485 e. The molecule has 2 aliphatic heterocycles. The van der Waals surface area contributed by atoms with E-state index >= 15 is 0 Å². The third kappa shape index (κ3) is 4.58. The first-order valence-electron chi connectivity index (χ1n) is 11.2. The fourth-order valence-electron chi connectivity index (χ4n) is 4.52. The number of halogens is 3. The minimum Gasteiger partial charge on any atom is -0.485 e. The number of amides is 1. The number of carbonyl (C=O) groups excluding carboxylic acids is 1. The van der Waals surface area contributed by atoms with Crippen LogP contribution in [0.3, 0.4) is 0 Å². The number of fused-ring (bicyclic) bond motifs is 1. The third-order valence-corrected chi connectivity index (χ3v) is 8.38. The summed E-state index contributed by atoms with van der Waals surface area (Å²) in [7, 11) is -2.93. The number of carbonyl (C=O) groups is 1. The van der Waals surface area contributed by atoms with Crippen LogP contribution in [0, 0.1) is 0 Å². The van der Waals surface area contributed by atoms with E-state index in [0.717, 1.165) is 41.4 Å². The Morgan fingerprint density at radius 2 is 1.77 bits per heavy atom. The smallest absolute Gasteiger partial charge is 0.416 e. The lowest BCUT2D eigenvalue weighted by atomic mass is 9.84. The second kappa shape index (κ2) is 8.70. The highest BCUT2D eigenvalue weighted by molar-refractivity contribution is 7.92. The fourth-order valence-corrected chi connectivity index (χ4v) is 5.75. The first kappa shape index (κ1) is 25.3. The van der Waals surface area contributed by atoms with Gasteiger partial charge in [0.1, 0.15) is 17.5 Å². The number of hydrogen-bond donors (Lipinski definition) is 1. The van der Waals surface area contributed by atoms with Crippen LogP contribution in [-0.4, -0.2) is 49.6 Å². The number of alkyl halides is 3. The highest BCUT2D eigenvalue weighted by atomic mass is 32.2. The molecule has 7 nitrogen and oxygen atoms in total. The summed E-state index contributed by atoms with van der Waals surface area (Å²) in [6, 6.07) is 7.21. The lowest BCUT2D eigenvalue weighted by Gasteiger charge is -2.47. The molecule has 0 spiro atoms. The molecule has 0 bridgehead atoms. The average Bonchev–Trinajstić information content (AvgIpc) is 2.79. The number of sulfonamides is 1. The van der Waals surface area contributed by atoms with Gasteiger partial charge in [-0.25, -0.2) is 8.42 Å². The summed E-state index contributed by atoms with van der Waals surface area (Å²) in [6.07, 6.45) is -3.79. The highest BCUT2D eigenvalue weighted by Gasteiger charge is 2.47. The van der Waals surface area contributed by atoms with Crippen LogP contribution in [-0.2, 0) is 21.0 Å². The zero-order chi connectivity index (χ0) is 25.8. The summed E-state index contributed by atoms with van der Waals surface area (Å²) in [5.74, 6) is 0.235. The van der Waals surface area contributed by atoms with Gasteiger partial charge in [0.2, 0.25) is 5.91 Å². The van der Waals surface area contributed by atoms with E-state index < -0.39 is 39.5 Å². The number of piperidine rings is 1. The quantitative estimate of drug-likeness (QED) is 0.666. The van der Waals surface area contributed by atoms with Gasteiger partial charge >= 0.3 is 6.18 Å². The second-order valence-corrected chi connectivity index (χ2v) is 11.3. The molecule has 0 saturated carbocycles. The number of benzene rings is 2. The van der Waals surface area contributed by atoms with Gasteiger partial charge < -0.3 is 14.7 Å². The molecule has 0 aliphatic carbocycles. The minimum atomic E-state index is -4.54. The molecule has 2 heterocycles. The number of ether oxygens (including phenoxy) is 1. The van der Waals surface area contributed by atoms with E-state index in [2.05, 4.69) is 0 Å². The second-order valence-electron chi connectivity index (χ2n) is 9.36. The van der Waals surface area contributed by atoms with Crippen LogP contribution in [0.25, 0.3) is 0 Å². The number of nitrogens with zero attached hydrogens (tertiary/aromatic N) is 2. The summed E-state index contributed by atoms with van der Waals surface area (Å²) in [6.45, 7) is 3.83. The van der Waals surface area contributed by atoms with Gasteiger partial charge in [-0.2, -0.15) is 13.2 Å². The van der Waals surface area contributed by atoms with Crippen LogP contribution in [0.5, 0.6) is 5.75 Å². The molecule has 0 aromatic heterocycles. The molecule has 35 heavy (non-hydrogen) atoms. The van der Waals surface area contributed by atoms with Gasteiger partial charge in [-0.1, -0.05) is 0 Å². The van der Waals surface area contributed by atoms with E-state index in [9.17, 15) is 31.5 Å². The van der Waals surface area contributed by atoms with Crippen LogP contribution in [0.15, 0.2) is 47.4 Å². The van der Waals surface area contributed by atoms with Crippen molar-refractivity contribution >= 4 is 21.6 Å². The van der Waals surface area contributed by atoms with E-state index in [1.807, 2.05) is 0 Å². The maximum absolute atomic E-state index is 13.4. The van der Waals surface area contributed by atoms with Crippen molar-refractivity contribution in [1.29, 1.82) is 0 Å². The monoisotopic (exact) mass is 512 g/mol. The number of hydrogen-bond acceptors (Lipinski definition) is 5. The topological polar surface area (TPSA) is 87.2 Å². The van der Waals surface area contributed by atoms with Gasteiger partial charge in [0.15, 0.2) is 0 Å². The number of rotatable bonds is 4. The molecule has 1 saturated heterocycles. The minimum absolute atomic E-state index is 0.0518. The summed E-state index contributed by atoms with van der Waals surface area (Å²) in [5.41, 5.74) is -1.49. The molecule has 1 fully saturated rings. The zero-order valence-corrected chi connectivity index (χ0v) is 20.4. The summed E-state index contributed by atoms with van der Waals surface area (Å²) in [5, 5.41) is 11.1. The lowest BCUT2D eigenvalue weighted by molar-refractivity contribution is -0.147. The van der Waals surface area contributed by atoms with Gasteiger partial charge in [-0.15, -0.1) is 0 Å². The highest BCUT2D eigenvalue weighted by Crippen LogP contribution is 2.45. The predicted molar refractivity (Wildman–Crippen MR) is 122 cm³/mol. The molecule has 1 amide bonds. The number of aliphatic hydroxyl groups is 1. The summed E-state index contributed by atoms with van der Waals surface area (Å²) < 4.78 is 72.3. The van der Waals surface area contributed by atoms with Gasteiger partial charge in [-0.3, -0.25) is 9.10 Å². The Morgan fingerprint density at radius 3 is 2.37 bits per heavy atom. The molecule has 2 atom stereocenters. The van der Waals surface area contributed by atoms with Gasteiger partial charge in [0.25, 0.3) is 10.0 Å². The predicted octanol–water partition coefficient (Wildman–Crippen LogP) is 4.12. The Bertz CT molecular complexity index is 1230. The normalized spacial score (nSPS) is 22.4. The van der Waals surface area contributed by atoms with Crippen LogP contribution >= 0.6 is 0 Å². The molecule has 2 unspecified atom stereocenters. The Hall–Kier alpha value is -2.79. The van der Waals surface area contributed by atoms with Crippen molar-refractivity contribution in [2.45, 2.75) is 61.9 Å². The molecule has 2 aliphatic rings. The molecule has 11 heteroatoms. The maximum atomic E-state index is 13.4. The average molecular weight is 513 g/mol. The molecule has 1 N–H and O–H groups in total. The Kier molecular flexibility index (Phi) is 6.29. The number of anilines is 1. The Balaban J connectivity index is 1.74. The van der Waals surface area contributed by atoms with Crippen molar-refractivity contribution in [3.05, 3.63) is 53.6 Å². The van der Waals surface area contributed by atoms with Crippen LogP contribution < -0.4 is 9.04 Å². The zero-order valence-electron chi connectivity index (χ0n) is 19.5. The van der Waals surface area contributed by atoms with E-state index in [0.29, 0.717) is 24.3 Å². The first-order chi connectivity index (χ1) is 16.2. The standard InChI is InChI=1S/C24H27F3N2O5S/c1-23(2)22(31)21(29-13-5-4-6-20(29)30)18-14-17(11-12-19(18)34-23)35(32,33)28(3)16-9-7-15(8-10-16)24(25,26)27/h7-12,14,21-22,31H,4-6,13H2,1-3H3. The van der Waals surface area contributed by atoms with Crippen molar-refractivity contribution < 1.29 is 36.2 Å². The van der Waals surface area contributed by atoms with E-state index in [4.69, 9.17) is 4.74 Å². The first-order valence-corrected chi connectivity index (χ1v) is 12.6. The van der Waals surface area contributed by atoms with E-state index in [1.165, 1.54) is 25.2 Å². The molecule has 2 aromatic rings. The summed E-state index contributed by atoms with van der Waals surface area (Å²) >= 11 is 0. The van der Waals surface area contributed by atoms with E-state index in [-0.39, 0.29) is 16.5 Å². The van der Waals surface area contributed by atoms with Crippen molar-refractivity contribution in [2.75, 3.05) is 17.9 Å². The van der Waals surface area contributed by atoms with Crippen molar-refractivity contribution in [3.63, 3.8) is 0 Å². The fraction of sp³-hybridized carbons (Fsp3) is 0.458. The van der Waals surface area contributed by atoms with Crippen LogP contribution in [0.2, 0.25) is 0 Å². The molecule has 190 valence electrons. The van der Waals surface area contributed by atoms with E-state index in [1.54, 1.807) is 18.7 Å². The number of likely N-dealkylation sites (tertiary alicyclic amines) is 1. The van der Waals surface area contributed by atoms with Gasteiger partial charge in [0.05, 0.1) is 22.2 Å². The molecular formula is C24H27F3N2O5S. The Labute approximate surface area is 202 Å². The van der Waals surface area contributed by atoms with Crippen molar-refractivity contribution in [1.82, 2.24) is 4.90 Å². The van der Waals surface area contributed by atoms with Crippen LogP contribution in [0.1, 0.15) is 50.3 Å². The Morgan fingerprint density at radius 1 is 1.11 bits per heavy atom. The van der Waals surface area contributed by atoms with Crippen molar-refractivity contribution in [3.8, 4) is 5.75 Å². The van der Waals surface area contributed by atoms with Crippen molar-refractivity contribution in [2.24, 2.45) is 0 Å². The SMILES string of the molecule is CN(c1ccc(C(F)(F)F)cc1)S(=O)(=O)c1ccc2c(c1)C(N1CCCCC1=O)C(O)C(C)(C)O2. The maximum Gasteiger partial charge on any atom is 0.416 e. The summed E-state index contributed by atoms with van der Waals surface area (Å²) in [4.78, 5) is 14.1.